The Bertz CT molecular complexity index is 548. The summed E-state index contributed by atoms with van der Waals surface area (Å²) < 4.78 is 5.07. The second-order valence-corrected chi connectivity index (χ2v) is 5.93. The first-order chi connectivity index (χ1) is 11.4. The summed E-state index contributed by atoms with van der Waals surface area (Å²) in [7, 11) is 0. The van der Waals surface area contributed by atoms with Gasteiger partial charge in [-0.3, -0.25) is 24.6 Å². The summed E-state index contributed by atoms with van der Waals surface area (Å²) in [5, 5.41) is 4.79. The smallest absolute Gasteiger partial charge is 0.323 e. The van der Waals surface area contributed by atoms with Gasteiger partial charge in [-0.1, -0.05) is 0 Å². The van der Waals surface area contributed by atoms with Crippen molar-refractivity contribution >= 4 is 23.8 Å². The molecule has 2 heterocycles. The first kappa shape index (κ1) is 18.2. The molecule has 2 atom stereocenters. The molecule has 9 nitrogen and oxygen atoms in total. The van der Waals surface area contributed by atoms with Crippen LogP contribution in [0.4, 0.5) is 4.79 Å². The summed E-state index contributed by atoms with van der Waals surface area (Å²) in [6.45, 7) is 6.87. The average Bonchev–Trinajstić information content (AvgIpc) is 3.01. The van der Waals surface area contributed by atoms with Crippen LogP contribution >= 0.6 is 0 Å². The van der Waals surface area contributed by atoms with Gasteiger partial charge < -0.3 is 15.0 Å². The van der Waals surface area contributed by atoms with Gasteiger partial charge in [-0.2, -0.15) is 0 Å². The topological polar surface area (TPSA) is 108 Å². The first-order valence-corrected chi connectivity index (χ1v) is 8.18. The van der Waals surface area contributed by atoms with Gasteiger partial charge in [-0.05, 0) is 20.8 Å². The Morgan fingerprint density at radius 3 is 2.46 bits per heavy atom. The minimum absolute atomic E-state index is 0.00391. The summed E-state index contributed by atoms with van der Waals surface area (Å²) >= 11 is 0. The zero-order chi connectivity index (χ0) is 17.9. The predicted octanol–water partition coefficient (Wildman–Crippen LogP) is -0.930. The lowest BCUT2D eigenvalue weighted by Gasteiger charge is -2.26. The van der Waals surface area contributed by atoms with Crippen molar-refractivity contribution in [2.75, 3.05) is 32.8 Å². The van der Waals surface area contributed by atoms with Crippen LogP contribution in [-0.2, 0) is 19.1 Å². The highest BCUT2D eigenvalue weighted by Gasteiger charge is 2.56. The number of urea groups is 1. The molecular weight excluding hydrogens is 316 g/mol. The molecule has 2 N–H and O–H groups in total. The molecule has 2 aliphatic rings. The van der Waals surface area contributed by atoms with Crippen LogP contribution in [0.25, 0.3) is 0 Å². The fourth-order valence-corrected chi connectivity index (χ4v) is 3.25. The Hall–Kier alpha value is -2.16. The van der Waals surface area contributed by atoms with Crippen LogP contribution in [0.1, 0.15) is 27.2 Å². The zero-order valence-electron chi connectivity index (χ0n) is 14.3. The standard InChI is InChI=1S/C15H24N4O5/c1-4-18(5-2)11(20)8-19-9-15(13(22)16-14(23)17-15)7-10(19)12(21)24-6-3/h10H,4-9H2,1-3H3,(H2,16,17,22,23). The lowest BCUT2D eigenvalue weighted by molar-refractivity contribution is -0.149. The highest BCUT2D eigenvalue weighted by molar-refractivity contribution is 6.08. The van der Waals surface area contributed by atoms with Crippen LogP contribution in [0.5, 0.6) is 0 Å². The summed E-state index contributed by atoms with van der Waals surface area (Å²) in [6, 6.07) is -1.33. The largest absolute Gasteiger partial charge is 0.465 e. The molecule has 2 aliphatic heterocycles. The quantitative estimate of drug-likeness (QED) is 0.478. The van der Waals surface area contributed by atoms with Crippen molar-refractivity contribution in [3.8, 4) is 0 Å². The van der Waals surface area contributed by atoms with Crippen molar-refractivity contribution in [2.45, 2.75) is 38.8 Å². The first-order valence-electron chi connectivity index (χ1n) is 8.18. The van der Waals surface area contributed by atoms with Gasteiger partial charge in [0.2, 0.25) is 5.91 Å². The maximum atomic E-state index is 12.4. The molecule has 2 fully saturated rings. The molecule has 1 spiro atoms. The molecule has 4 amide bonds. The van der Waals surface area contributed by atoms with Gasteiger partial charge in [-0.25, -0.2) is 4.79 Å². The molecule has 0 saturated carbocycles. The molecule has 0 bridgehead atoms. The predicted molar refractivity (Wildman–Crippen MR) is 83.9 cm³/mol. The molecule has 134 valence electrons. The number of nitrogens with one attached hydrogen (secondary N) is 2. The van der Waals surface area contributed by atoms with Crippen LogP contribution in [0, 0.1) is 0 Å². The molecule has 2 saturated heterocycles. The molecule has 24 heavy (non-hydrogen) atoms. The Morgan fingerprint density at radius 2 is 1.96 bits per heavy atom. The van der Waals surface area contributed by atoms with Crippen molar-refractivity contribution in [1.29, 1.82) is 0 Å². The van der Waals surface area contributed by atoms with Gasteiger partial charge in [-0.15, -0.1) is 0 Å². The van der Waals surface area contributed by atoms with E-state index in [4.69, 9.17) is 4.74 Å². The van der Waals surface area contributed by atoms with Gasteiger partial charge in [0, 0.05) is 26.1 Å². The molecule has 0 aromatic rings. The number of nitrogens with zero attached hydrogens (tertiary/aromatic N) is 2. The summed E-state index contributed by atoms with van der Waals surface area (Å²) in [5.41, 5.74) is -1.18. The number of carbonyl (C=O) groups is 4. The Kier molecular flexibility index (Phi) is 5.43. The monoisotopic (exact) mass is 340 g/mol. The van der Waals surface area contributed by atoms with Gasteiger partial charge in [0.25, 0.3) is 5.91 Å². The summed E-state index contributed by atoms with van der Waals surface area (Å²) in [6.07, 6.45) is 0.0922. The molecule has 2 unspecified atom stereocenters. The molecule has 0 aromatic carbocycles. The number of hydrogen-bond donors (Lipinski definition) is 2. The van der Waals surface area contributed by atoms with E-state index in [1.807, 2.05) is 13.8 Å². The van der Waals surface area contributed by atoms with Gasteiger partial charge in [0.1, 0.15) is 11.6 Å². The number of likely N-dealkylation sites (N-methyl/N-ethyl adjacent to an activating group) is 1. The highest BCUT2D eigenvalue weighted by Crippen LogP contribution is 2.30. The van der Waals surface area contributed by atoms with Crippen molar-refractivity contribution in [3.05, 3.63) is 0 Å². The van der Waals surface area contributed by atoms with E-state index < -0.39 is 29.5 Å². The maximum absolute atomic E-state index is 12.4. The van der Waals surface area contributed by atoms with Crippen molar-refractivity contribution in [2.24, 2.45) is 0 Å². The van der Waals surface area contributed by atoms with E-state index in [0.717, 1.165) is 0 Å². The van der Waals surface area contributed by atoms with E-state index in [2.05, 4.69) is 10.6 Å². The van der Waals surface area contributed by atoms with E-state index in [1.165, 1.54) is 0 Å². The third-order valence-corrected chi connectivity index (χ3v) is 4.48. The Morgan fingerprint density at radius 1 is 1.29 bits per heavy atom. The third kappa shape index (κ3) is 3.35. The highest BCUT2D eigenvalue weighted by atomic mass is 16.5. The zero-order valence-corrected chi connectivity index (χ0v) is 14.3. The number of likely N-dealkylation sites (tertiary alicyclic amines) is 1. The van der Waals surface area contributed by atoms with E-state index >= 15 is 0 Å². The Balaban J connectivity index is 2.19. The number of rotatable bonds is 6. The number of carbonyl (C=O) groups excluding carboxylic acids is 4. The SMILES string of the molecule is CCOC(=O)C1CC2(CN1CC(=O)N(CC)CC)NC(=O)NC2=O. The van der Waals surface area contributed by atoms with Gasteiger partial charge in [0.05, 0.1) is 13.2 Å². The lowest BCUT2D eigenvalue weighted by atomic mass is 9.96. The van der Waals surface area contributed by atoms with Crippen LogP contribution in [0.15, 0.2) is 0 Å². The van der Waals surface area contributed by atoms with Gasteiger partial charge >= 0.3 is 12.0 Å². The number of esters is 1. The van der Waals surface area contributed by atoms with Crippen LogP contribution in [0.2, 0.25) is 0 Å². The average molecular weight is 340 g/mol. The number of ether oxygens (including phenoxy) is 1. The fraction of sp³-hybridized carbons (Fsp3) is 0.733. The van der Waals surface area contributed by atoms with E-state index in [9.17, 15) is 19.2 Å². The normalized spacial score (nSPS) is 26.4. The third-order valence-electron chi connectivity index (χ3n) is 4.48. The molecule has 0 radical (unpaired) electrons. The van der Waals surface area contributed by atoms with Crippen molar-refractivity contribution in [1.82, 2.24) is 20.4 Å². The van der Waals surface area contributed by atoms with E-state index in [1.54, 1.807) is 16.7 Å². The molecule has 0 aromatic heterocycles. The molecule has 2 rings (SSSR count). The Labute approximate surface area is 140 Å². The van der Waals surface area contributed by atoms with Crippen molar-refractivity contribution in [3.63, 3.8) is 0 Å². The van der Waals surface area contributed by atoms with Crippen LogP contribution in [-0.4, -0.2) is 78.0 Å². The minimum Gasteiger partial charge on any atom is -0.465 e. The second kappa shape index (κ2) is 7.16. The molecule has 0 aliphatic carbocycles. The number of amides is 4. The maximum Gasteiger partial charge on any atom is 0.323 e. The fourth-order valence-electron chi connectivity index (χ4n) is 3.25. The summed E-state index contributed by atoms with van der Waals surface area (Å²) in [5.74, 6) is -1.09. The minimum atomic E-state index is -1.18. The van der Waals surface area contributed by atoms with Crippen molar-refractivity contribution < 1.29 is 23.9 Å². The van der Waals surface area contributed by atoms with Crippen LogP contribution < -0.4 is 10.6 Å². The number of hydrogen-bond acceptors (Lipinski definition) is 6. The summed E-state index contributed by atoms with van der Waals surface area (Å²) in [4.78, 5) is 51.5. The second-order valence-electron chi connectivity index (χ2n) is 5.93. The lowest BCUT2D eigenvalue weighted by Crippen LogP contribution is -2.50. The molecule has 9 heteroatoms. The van der Waals surface area contributed by atoms with Gasteiger partial charge in [0.15, 0.2) is 0 Å². The number of imide groups is 1. The van der Waals surface area contributed by atoms with E-state index in [0.29, 0.717) is 13.1 Å². The van der Waals surface area contributed by atoms with E-state index in [-0.39, 0.29) is 32.0 Å². The van der Waals surface area contributed by atoms with Crippen LogP contribution in [0.3, 0.4) is 0 Å². The molecular formula is C15H24N4O5.